The first-order chi connectivity index (χ1) is 12.3. The Bertz CT molecular complexity index is 816. The molecule has 1 fully saturated rings. The molecule has 0 spiro atoms. The number of hydrogen-bond donors (Lipinski definition) is 0. The molecule has 7 heteroatoms. The van der Waals surface area contributed by atoms with Gasteiger partial charge in [0.25, 0.3) is 6.01 Å². The number of aromatic nitrogens is 3. The largest absolute Gasteiger partial charge is 0.423 e. The first kappa shape index (κ1) is 15.7. The van der Waals surface area contributed by atoms with Gasteiger partial charge in [-0.15, -0.1) is 0 Å². The molecule has 0 aliphatic carbocycles. The molecule has 0 saturated carbocycles. The van der Waals surface area contributed by atoms with Crippen LogP contribution in [0.25, 0.3) is 11.1 Å². The maximum atomic E-state index is 12.8. The predicted octanol–water partition coefficient (Wildman–Crippen LogP) is 2.32. The van der Waals surface area contributed by atoms with Gasteiger partial charge in [-0.2, -0.15) is 10.1 Å². The number of piperazine rings is 1. The molecular weight excluding hydrogens is 318 g/mol. The number of nitrogens with zero attached hydrogens (tertiary/aromatic N) is 5. The van der Waals surface area contributed by atoms with Gasteiger partial charge in [0.15, 0.2) is 5.58 Å². The van der Waals surface area contributed by atoms with Crippen molar-refractivity contribution < 1.29 is 9.21 Å². The zero-order valence-corrected chi connectivity index (χ0v) is 14.2. The number of amides is 1. The highest BCUT2D eigenvalue weighted by Gasteiger charge is 2.29. The van der Waals surface area contributed by atoms with Gasteiger partial charge in [0.05, 0.1) is 0 Å². The molecule has 1 saturated heterocycles. The molecule has 0 unspecified atom stereocenters. The summed E-state index contributed by atoms with van der Waals surface area (Å²) < 4.78 is 7.57. The molecule has 3 aromatic rings. The molecular formula is C18H21N5O2. The van der Waals surface area contributed by atoms with Crippen molar-refractivity contribution in [2.24, 2.45) is 0 Å². The highest BCUT2D eigenvalue weighted by molar-refractivity contribution is 5.80. The minimum Gasteiger partial charge on any atom is -0.423 e. The van der Waals surface area contributed by atoms with Crippen LogP contribution in [0.3, 0.4) is 0 Å². The van der Waals surface area contributed by atoms with E-state index >= 15 is 0 Å². The van der Waals surface area contributed by atoms with E-state index in [0.717, 1.165) is 17.5 Å². The van der Waals surface area contributed by atoms with Crippen LogP contribution in [0.5, 0.6) is 0 Å². The van der Waals surface area contributed by atoms with Crippen molar-refractivity contribution in [1.29, 1.82) is 0 Å². The number of carbonyl (C=O) groups excluding carboxylic acids is 1. The van der Waals surface area contributed by atoms with E-state index < -0.39 is 0 Å². The highest BCUT2D eigenvalue weighted by Crippen LogP contribution is 2.23. The predicted molar refractivity (Wildman–Crippen MR) is 94.4 cm³/mol. The van der Waals surface area contributed by atoms with Crippen LogP contribution in [0, 0.1) is 0 Å². The molecule has 0 bridgehead atoms. The summed E-state index contributed by atoms with van der Waals surface area (Å²) >= 11 is 0. The molecule has 25 heavy (non-hydrogen) atoms. The number of benzene rings is 1. The Kier molecular flexibility index (Phi) is 4.13. The van der Waals surface area contributed by atoms with E-state index in [2.05, 4.69) is 15.0 Å². The lowest BCUT2D eigenvalue weighted by molar-refractivity contribution is -0.135. The number of rotatable bonds is 4. The van der Waals surface area contributed by atoms with Crippen LogP contribution in [0.2, 0.25) is 0 Å². The molecule has 3 heterocycles. The fraction of sp³-hybridized carbons (Fsp3) is 0.389. The first-order valence-electron chi connectivity index (χ1n) is 8.64. The van der Waals surface area contributed by atoms with Gasteiger partial charge in [0, 0.05) is 38.6 Å². The molecule has 1 atom stereocenters. The van der Waals surface area contributed by atoms with Crippen LogP contribution in [-0.4, -0.2) is 51.8 Å². The van der Waals surface area contributed by atoms with Crippen molar-refractivity contribution in [3.05, 3.63) is 42.7 Å². The van der Waals surface area contributed by atoms with Crippen molar-refractivity contribution in [3.63, 3.8) is 0 Å². The van der Waals surface area contributed by atoms with Crippen molar-refractivity contribution in [2.45, 2.75) is 19.4 Å². The van der Waals surface area contributed by atoms with Crippen molar-refractivity contribution in [2.75, 3.05) is 31.1 Å². The van der Waals surface area contributed by atoms with Crippen LogP contribution in [0.4, 0.5) is 6.01 Å². The van der Waals surface area contributed by atoms with Crippen LogP contribution in [0.1, 0.15) is 19.4 Å². The Labute approximate surface area is 145 Å². The maximum absolute atomic E-state index is 12.8. The molecule has 130 valence electrons. The summed E-state index contributed by atoms with van der Waals surface area (Å²) in [5.41, 5.74) is 1.65. The lowest BCUT2D eigenvalue weighted by Crippen LogP contribution is -2.50. The minimum absolute atomic E-state index is 0.128. The van der Waals surface area contributed by atoms with Crippen LogP contribution < -0.4 is 4.90 Å². The number of hydrogen-bond acceptors (Lipinski definition) is 5. The van der Waals surface area contributed by atoms with Crippen molar-refractivity contribution >= 4 is 23.0 Å². The van der Waals surface area contributed by atoms with E-state index in [0.29, 0.717) is 32.2 Å². The molecule has 0 N–H and O–H groups in total. The number of para-hydroxylation sites is 2. The Hall–Kier alpha value is -2.83. The molecule has 2 aromatic heterocycles. The average molecular weight is 339 g/mol. The zero-order valence-electron chi connectivity index (χ0n) is 14.2. The lowest BCUT2D eigenvalue weighted by Gasteiger charge is -2.35. The van der Waals surface area contributed by atoms with Gasteiger partial charge < -0.3 is 14.2 Å². The molecule has 1 amide bonds. The second kappa shape index (κ2) is 6.58. The van der Waals surface area contributed by atoms with Gasteiger partial charge >= 0.3 is 0 Å². The monoisotopic (exact) mass is 339 g/mol. The summed E-state index contributed by atoms with van der Waals surface area (Å²) in [4.78, 5) is 21.4. The van der Waals surface area contributed by atoms with Crippen molar-refractivity contribution in [1.82, 2.24) is 19.7 Å². The Balaban J connectivity index is 1.43. The van der Waals surface area contributed by atoms with E-state index in [9.17, 15) is 4.79 Å². The summed E-state index contributed by atoms with van der Waals surface area (Å²) in [7, 11) is 0. The smallest absolute Gasteiger partial charge is 0.298 e. The second-order valence-electron chi connectivity index (χ2n) is 6.19. The van der Waals surface area contributed by atoms with E-state index in [1.165, 1.54) is 0 Å². The van der Waals surface area contributed by atoms with Gasteiger partial charge in [-0.25, -0.2) is 0 Å². The Morgan fingerprint density at radius 2 is 2.00 bits per heavy atom. The highest BCUT2D eigenvalue weighted by atomic mass is 16.4. The van der Waals surface area contributed by atoms with Crippen molar-refractivity contribution in [3.8, 4) is 0 Å². The summed E-state index contributed by atoms with van der Waals surface area (Å²) in [5.74, 6) is 0.128. The molecule has 4 rings (SSSR count). The Morgan fingerprint density at radius 3 is 2.68 bits per heavy atom. The van der Waals surface area contributed by atoms with Gasteiger partial charge in [-0.3, -0.25) is 9.48 Å². The minimum atomic E-state index is -0.231. The second-order valence-corrected chi connectivity index (χ2v) is 6.19. The third-order valence-corrected chi connectivity index (χ3v) is 4.66. The number of fused-ring (bicyclic) bond motifs is 1. The fourth-order valence-electron chi connectivity index (χ4n) is 3.26. The molecule has 1 aliphatic heterocycles. The zero-order chi connectivity index (χ0) is 17.2. The van der Waals surface area contributed by atoms with E-state index in [4.69, 9.17) is 4.42 Å². The van der Waals surface area contributed by atoms with Gasteiger partial charge in [0.1, 0.15) is 11.6 Å². The molecule has 1 aromatic carbocycles. The van der Waals surface area contributed by atoms with Crippen LogP contribution in [0.15, 0.2) is 47.1 Å². The lowest BCUT2D eigenvalue weighted by atomic mass is 10.2. The third-order valence-electron chi connectivity index (χ3n) is 4.66. The van der Waals surface area contributed by atoms with E-state index in [-0.39, 0.29) is 11.9 Å². The number of carbonyl (C=O) groups is 1. The molecule has 0 radical (unpaired) electrons. The normalized spacial score (nSPS) is 16.4. The average Bonchev–Trinajstić information content (AvgIpc) is 3.32. The topological polar surface area (TPSA) is 67.4 Å². The fourth-order valence-corrected chi connectivity index (χ4v) is 3.26. The van der Waals surface area contributed by atoms with Gasteiger partial charge in [-0.05, 0) is 24.6 Å². The van der Waals surface area contributed by atoms with E-state index in [1.807, 2.05) is 48.4 Å². The summed E-state index contributed by atoms with van der Waals surface area (Å²) in [6, 6.07) is 10.00. The Morgan fingerprint density at radius 1 is 1.20 bits per heavy atom. The maximum Gasteiger partial charge on any atom is 0.298 e. The van der Waals surface area contributed by atoms with E-state index in [1.54, 1.807) is 10.9 Å². The van der Waals surface area contributed by atoms with Gasteiger partial charge in [-0.1, -0.05) is 19.1 Å². The van der Waals surface area contributed by atoms with Gasteiger partial charge in [0.2, 0.25) is 5.91 Å². The quantitative estimate of drug-likeness (QED) is 0.730. The summed E-state index contributed by atoms with van der Waals surface area (Å²) in [5, 5.41) is 4.22. The molecule has 1 aliphatic rings. The summed E-state index contributed by atoms with van der Waals surface area (Å²) in [6.45, 7) is 4.77. The number of anilines is 1. The summed E-state index contributed by atoms with van der Waals surface area (Å²) in [6.07, 6.45) is 4.29. The standard InChI is InChI=1S/C18H21N5O2/c1-2-15(23-9-5-8-19-23)17(24)21-10-12-22(13-11-21)18-20-14-6-3-4-7-16(14)25-18/h3-9,15H,2,10-13H2,1H3/t15-/m1/s1. The molecule has 7 nitrogen and oxygen atoms in total. The number of oxazole rings is 1. The van der Waals surface area contributed by atoms with Crippen LogP contribution >= 0.6 is 0 Å². The third kappa shape index (κ3) is 2.97. The first-order valence-corrected chi connectivity index (χ1v) is 8.64. The SMILES string of the molecule is CC[C@H](C(=O)N1CCN(c2nc3ccccc3o2)CC1)n1cccn1. The van der Waals surface area contributed by atoms with Crippen LogP contribution in [-0.2, 0) is 4.79 Å².